The molecule has 0 aliphatic heterocycles. The SMILES string of the molecule is Cc1cc(/C=N\NC(=O)Cn2ccccc2=O)c(C)n1C1CCCCC1. The van der Waals surface area contributed by atoms with Gasteiger partial charge < -0.3 is 9.13 Å². The molecule has 138 valence electrons. The van der Waals surface area contributed by atoms with Crippen LogP contribution in [0.15, 0.2) is 40.4 Å². The van der Waals surface area contributed by atoms with Crippen LogP contribution < -0.4 is 11.0 Å². The quantitative estimate of drug-likeness (QED) is 0.662. The number of carbonyl (C=O) groups is 1. The van der Waals surface area contributed by atoms with Crippen LogP contribution in [-0.2, 0) is 11.3 Å². The lowest BCUT2D eigenvalue weighted by atomic mass is 9.95. The van der Waals surface area contributed by atoms with E-state index < -0.39 is 0 Å². The van der Waals surface area contributed by atoms with E-state index in [0.29, 0.717) is 6.04 Å². The molecule has 0 unspecified atom stereocenters. The van der Waals surface area contributed by atoms with Crippen molar-refractivity contribution in [1.29, 1.82) is 0 Å². The van der Waals surface area contributed by atoms with Gasteiger partial charge in [0.15, 0.2) is 0 Å². The Morgan fingerprint density at radius 3 is 2.77 bits per heavy atom. The molecule has 1 fully saturated rings. The Bertz CT molecular complexity index is 857. The minimum absolute atomic E-state index is 0.0435. The number of hydrogen-bond donors (Lipinski definition) is 1. The molecule has 2 aromatic heterocycles. The smallest absolute Gasteiger partial charge is 0.260 e. The summed E-state index contributed by atoms with van der Waals surface area (Å²) in [6, 6.07) is 7.48. The lowest BCUT2D eigenvalue weighted by Gasteiger charge is -2.26. The Morgan fingerprint density at radius 1 is 1.27 bits per heavy atom. The van der Waals surface area contributed by atoms with Crippen molar-refractivity contribution in [3.05, 3.63) is 57.8 Å². The third-order valence-electron chi connectivity index (χ3n) is 5.07. The molecule has 6 heteroatoms. The summed E-state index contributed by atoms with van der Waals surface area (Å²) in [6.07, 6.45) is 9.66. The zero-order valence-electron chi connectivity index (χ0n) is 15.4. The van der Waals surface area contributed by atoms with Gasteiger partial charge in [-0.25, -0.2) is 5.43 Å². The van der Waals surface area contributed by atoms with Crippen molar-refractivity contribution >= 4 is 12.1 Å². The first kappa shape index (κ1) is 18.2. The van der Waals surface area contributed by atoms with E-state index in [2.05, 4.69) is 35.0 Å². The van der Waals surface area contributed by atoms with Gasteiger partial charge in [0, 0.05) is 35.3 Å². The summed E-state index contributed by atoms with van der Waals surface area (Å²) in [4.78, 5) is 23.6. The first-order valence-corrected chi connectivity index (χ1v) is 9.22. The standard InChI is InChI=1S/C20H26N4O2/c1-15-12-17(16(2)24(15)18-8-4-3-5-9-18)13-21-22-19(25)14-23-11-7-6-10-20(23)26/h6-7,10-13,18H,3-5,8-9,14H2,1-2H3,(H,22,25)/b21-13-. The highest BCUT2D eigenvalue weighted by Gasteiger charge is 2.19. The average molecular weight is 354 g/mol. The van der Waals surface area contributed by atoms with Gasteiger partial charge in [-0.05, 0) is 38.8 Å². The molecular weight excluding hydrogens is 328 g/mol. The Morgan fingerprint density at radius 2 is 2.04 bits per heavy atom. The number of aromatic nitrogens is 2. The van der Waals surface area contributed by atoms with Gasteiger partial charge in [0.25, 0.3) is 11.5 Å². The molecule has 6 nitrogen and oxygen atoms in total. The molecule has 0 atom stereocenters. The minimum Gasteiger partial charge on any atom is -0.345 e. The first-order valence-electron chi connectivity index (χ1n) is 9.22. The fraction of sp³-hybridized carbons (Fsp3) is 0.450. The van der Waals surface area contributed by atoms with E-state index in [1.54, 1.807) is 24.5 Å². The van der Waals surface area contributed by atoms with Gasteiger partial charge in [0.05, 0.1) is 6.21 Å². The van der Waals surface area contributed by atoms with E-state index in [1.165, 1.54) is 54.1 Å². The molecule has 26 heavy (non-hydrogen) atoms. The summed E-state index contributed by atoms with van der Waals surface area (Å²) in [6.45, 7) is 4.19. The van der Waals surface area contributed by atoms with Crippen LogP contribution in [0.3, 0.4) is 0 Å². The number of nitrogens with zero attached hydrogens (tertiary/aromatic N) is 3. The molecule has 1 saturated carbocycles. The van der Waals surface area contributed by atoms with E-state index in [-0.39, 0.29) is 18.0 Å². The third-order valence-corrected chi connectivity index (χ3v) is 5.07. The van der Waals surface area contributed by atoms with Crippen LogP contribution in [0.5, 0.6) is 0 Å². The zero-order valence-corrected chi connectivity index (χ0v) is 15.4. The largest absolute Gasteiger partial charge is 0.345 e. The molecule has 1 N–H and O–H groups in total. The summed E-state index contributed by atoms with van der Waals surface area (Å²) in [5.74, 6) is -0.323. The molecule has 0 bridgehead atoms. The first-order chi connectivity index (χ1) is 12.6. The number of hydrazone groups is 1. The van der Waals surface area contributed by atoms with E-state index >= 15 is 0 Å². The van der Waals surface area contributed by atoms with Crippen LogP contribution >= 0.6 is 0 Å². The summed E-state index contributed by atoms with van der Waals surface area (Å²) in [5, 5.41) is 4.07. The molecule has 1 aliphatic rings. The van der Waals surface area contributed by atoms with Gasteiger partial charge in [-0.2, -0.15) is 5.10 Å². The van der Waals surface area contributed by atoms with Crippen LogP contribution in [0.4, 0.5) is 0 Å². The van der Waals surface area contributed by atoms with Crippen molar-refractivity contribution in [2.24, 2.45) is 5.10 Å². The summed E-state index contributed by atoms with van der Waals surface area (Å²) in [5.41, 5.74) is 5.74. The van der Waals surface area contributed by atoms with E-state index in [4.69, 9.17) is 0 Å². The molecular formula is C20H26N4O2. The minimum atomic E-state index is -0.323. The molecule has 2 heterocycles. The number of aryl methyl sites for hydroxylation is 1. The third kappa shape index (κ3) is 4.12. The molecule has 1 amide bonds. The highest BCUT2D eigenvalue weighted by molar-refractivity contribution is 5.83. The van der Waals surface area contributed by atoms with Gasteiger partial charge in [0.2, 0.25) is 0 Å². The zero-order chi connectivity index (χ0) is 18.5. The highest BCUT2D eigenvalue weighted by Crippen LogP contribution is 2.31. The van der Waals surface area contributed by atoms with Gasteiger partial charge in [-0.3, -0.25) is 9.59 Å². The number of hydrogen-bond acceptors (Lipinski definition) is 3. The van der Waals surface area contributed by atoms with Gasteiger partial charge >= 0.3 is 0 Å². The number of nitrogens with one attached hydrogen (secondary N) is 1. The number of pyridine rings is 1. The second kappa shape index (κ2) is 8.17. The van der Waals surface area contributed by atoms with Crippen LogP contribution in [0.25, 0.3) is 0 Å². The Balaban J connectivity index is 1.64. The normalized spacial score (nSPS) is 15.5. The van der Waals surface area contributed by atoms with Gasteiger partial charge in [-0.15, -0.1) is 0 Å². The number of amides is 1. The van der Waals surface area contributed by atoms with E-state index in [9.17, 15) is 9.59 Å². The molecule has 0 saturated heterocycles. The molecule has 0 aromatic carbocycles. The topological polar surface area (TPSA) is 68.4 Å². The van der Waals surface area contributed by atoms with E-state index in [0.717, 1.165) is 5.56 Å². The molecule has 0 radical (unpaired) electrons. The summed E-state index contributed by atoms with van der Waals surface area (Å²) < 4.78 is 3.76. The van der Waals surface area contributed by atoms with Crippen LogP contribution in [0.1, 0.15) is 55.1 Å². The van der Waals surface area contributed by atoms with E-state index in [1.807, 2.05) is 0 Å². The van der Waals surface area contributed by atoms with Crippen molar-refractivity contribution in [2.75, 3.05) is 0 Å². The molecule has 2 aromatic rings. The Kier molecular flexibility index (Phi) is 5.71. The summed E-state index contributed by atoms with van der Waals surface area (Å²) in [7, 11) is 0. The van der Waals surface area contributed by atoms with Crippen LogP contribution in [0, 0.1) is 13.8 Å². The van der Waals surface area contributed by atoms with Crippen molar-refractivity contribution < 1.29 is 4.79 Å². The maximum atomic E-state index is 12.0. The highest BCUT2D eigenvalue weighted by atomic mass is 16.2. The predicted molar refractivity (Wildman–Crippen MR) is 102 cm³/mol. The van der Waals surface area contributed by atoms with Crippen molar-refractivity contribution in [2.45, 2.75) is 58.5 Å². The fourth-order valence-corrected chi connectivity index (χ4v) is 3.79. The van der Waals surface area contributed by atoms with Gasteiger partial charge in [-0.1, -0.05) is 25.3 Å². The van der Waals surface area contributed by atoms with Crippen LogP contribution in [0.2, 0.25) is 0 Å². The predicted octanol–water partition coefficient (Wildman–Crippen LogP) is 2.92. The second-order valence-corrected chi connectivity index (χ2v) is 6.95. The molecule has 0 spiro atoms. The maximum absolute atomic E-state index is 12.0. The second-order valence-electron chi connectivity index (χ2n) is 6.95. The number of rotatable bonds is 5. The number of carbonyl (C=O) groups excluding carboxylic acids is 1. The summed E-state index contributed by atoms with van der Waals surface area (Å²) >= 11 is 0. The molecule has 1 aliphatic carbocycles. The van der Waals surface area contributed by atoms with Gasteiger partial charge in [0.1, 0.15) is 6.54 Å². The van der Waals surface area contributed by atoms with Crippen molar-refractivity contribution in [3.8, 4) is 0 Å². The van der Waals surface area contributed by atoms with Crippen molar-refractivity contribution in [3.63, 3.8) is 0 Å². The monoisotopic (exact) mass is 354 g/mol. The maximum Gasteiger partial charge on any atom is 0.260 e. The Hall–Kier alpha value is -2.63. The Labute approximate surface area is 153 Å². The average Bonchev–Trinajstić information content (AvgIpc) is 2.91. The lowest BCUT2D eigenvalue weighted by molar-refractivity contribution is -0.121. The van der Waals surface area contributed by atoms with Crippen LogP contribution in [-0.4, -0.2) is 21.3 Å². The molecule has 3 rings (SSSR count). The van der Waals surface area contributed by atoms with Crippen molar-refractivity contribution in [1.82, 2.24) is 14.6 Å². The fourth-order valence-electron chi connectivity index (χ4n) is 3.79. The lowest BCUT2D eigenvalue weighted by Crippen LogP contribution is -2.29.